The van der Waals surface area contributed by atoms with Crippen molar-refractivity contribution in [1.82, 2.24) is 20.9 Å². The van der Waals surface area contributed by atoms with Crippen LogP contribution in [0.15, 0.2) is 9.41 Å². The van der Waals surface area contributed by atoms with E-state index in [0.717, 1.165) is 17.9 Å². The molecule has 25 heavy (non-hydrogen) atoms. The quantitative estimate of drug-likeness (QED) is 0.257. The zero-order valence-electron chi connectivity index (χ0n) is 15.9. The van der Waals surface area contributed by atoms with Crippen LogP contribution in [0.3, 0.4) is 0 Å². The molecule has 0 radical (unpaired) electrons. The van der Waals surface area contributed by atoms with Crippen molar-refractivity contribution in [1.29, 1.82) is 0 Å². The van der Waals surface area contributed by atoms with E-state index < -0.39 is 11.7 Å². The number of aliphatic imine (C=N–C) groups is 1. The van der Waals surface area contributed by atoms with Gasteiger partial charge in [-0.1, -0.05) is 0 Å². The summed E-state index contributed by atoms with van der Waals surface area (Å²) in [7, 11) is 1.69. The van der Waals surface area contributed by atoms with Gasteiger partial charge in [0.2, 0.25) is 5.89 Å². The maximum absolute atomic E-state index is 11.5. The minimum atomic E-state index is -0.481. The first kappa shape index (κ1) is 23.5. The Morgan fingerprint density at radius 1 is 1.20 bits per heavy atom. The van der Waals surface area contributed by atoms with Crippen LogP contribution in [-0.4, -0.2) is 42.8 Å². The van der Waals surface area contributed by atoms with Crippen LogP contribution in [0.25, 0.3) is 0 Å². The number of oxazole rings is 1. The molecule has 0 saturated heterocycles. The van der Waals surface area contributed by atoms with Gasteiger partial charge in [0.15, 0.2) is 5.96 Å². The van der Waals surface area contributed by atoms with E-state index in [1.807, 2.05) is 34.6 Å². The smallest absolute Gasteiger partial charge is 0.407 e. The molecule has 3 N–H and O–H groups in total. The van der Waals surface area contributed by atoms with Gasteiger partial charge in [-0.05, 0) is 41.0 Å². The Morgan fingerprint density at radius 3 is 2.36 bits per heavy atom. The summed E-state index contributed by atoms with van der Waals surface area (Å²) in [6, 6.07) is 0. The maximum Gasteiger partial charge on any atom is 0.407 e. The number of halogens is 1. The lowest BCUT2D eigenvalue weighted by Gasteiger charge is -2.19. The number of nitrogens with one attached hydrogen (secondary N) is 3. The number of amides is 1. The van der Waals surface area contributed by atoms with Gasteiger partial charge in [-0.25, -0.2) is 9.78 Å². The van der Waals surface area contributed by atoms with Gasteiger partial charge in [-0.15, -0.1) is 24.0 Å². The average molecular weight is 467 g/mol. The first-order chi connectivity index (χ1) is 11.2. The van der Waals surface area contributed by atoms with Crippen molar-refractivity contribution in [3.05, 3.63) is 17.3 Å². The van der Waals surface area contributed by atoms with Gasteiger partial charge in [0, 0.05) is 20.1 Å². The lowest BCUT2D eigenvalue weighted by atomic mass is 10.2. The fraction of sp³-hybridized carbons (Fsp3) is 0.688. The third-order valence-corrected chi connectivity index (χ3v) is 3.02. The molecule has 0 aromatic carbocycles. The summed E-state index contributed by atoms with van der Waals surface area (Å²) in [5.41, 5.74) is 0.410. The van der Waals surface area contributed by atoms with Crippen LogP contribution in [0.4, 0.5) is 4.79 Å². The van der Waals surface area contributed by atoms with Gasteiger partial charge in [0.1, 0.15) is 11.4 Å². The Morgan fingerprint density at radius 2 is 1.84 bits per heavy atom. The summed E-state index contributed by atoms with van der Waals surface area (Å²) in [4.78, 5) is 19.9. The molecular weight excluding hydrogens is 437 g/mol. The fourth-order valence-electron chi connectivity index (χ4n) is 1.79. The number of ether oxygens (including phenoxy) is 1. The zero-order valence-corrected chi connectivity index (χ0v) is 18.2. The number of nitrogens with zero attached hydrogens (tertiary/aromatic N) is 2. The number of guanidine groups is 1. The van der Waals surface area contributed by atoms with E-state index in [0.29, 0.717) is 31.5 Å². The largest absolute Gasteiger partial charge is 0.444 e. The van der Waals surface area contributed by atoms with Crippen LogP contribution >= 0.6 is 24.0 Å². The predicted octanol–water partition coefficient (Wildman–Crippen LogP) is 2.49. The van der Waals surface area contributed by atoms with Gasteiger partial charge >= 0.3 is 6.09 Å². The Balaban J connectivity index is 0.00000576. The molecule has 0 unspecified atom stereocenters. The van der Waals surface area contributed by atoms with Crippen LogP contribution < -0.4 is 16.0 Å². The minimum Gasteiger partial charge on any atom is -0.444 e. The summed E-state index contributed by atoms with van der Waals surface area (Å²) in [6.07, 6.45) is 0.344. The number of alkyl carbamates (subject to hydrolysis) is 1. The van der Waals surface area contributed by atoms with Gasteiger partial charge in [0.05, 0.1) is 12.2 Å². The predicted molar refractivity (Wildman–Crippen MR) is 108 cm³/mol. The standard InChI is InChI=1S/C16H29N5O3.HI/c1-11-12(2)23-13(21-11)10-20-14(17-6)18-8-7-9-19-15(22)24-16(3,4)5;/h7-10H2,1-6H3,(H,19,22)(H2,17,18,20);1H. The number of rotatable bonds is 6. The highest BCUT2D eigenvalue weighted by Crippen LogP contribution is 2.07. The summed E-state index contributed by atoms with van der Waals surface area (Å²) < 4.78 is 10.7. The third-order valence-electron chi connectivity index (χ3n) is 3.02. The van der Waals surface area contributed by atoms with Crippen molar-refractivity contribution in [3.63, 3.8) is 0 Å². The molecule has 1 rings (SSSR count). The van der Waals surface area contributed by atoms with Gasteiger partial charge in [-0.3, -0.25) is 4.99 Å². The first-order valence-electron chi connectivity index (χ1n) is 8.05. The summed E-state index contributed by atoms with van der Waals surface area (Å²) >= 11 is 0. The van der Waals surface area contributed by atoms with Crippen LogP contribution in [0.5, 0.6) is 0 Å². The fourth-order valence-corrected chi connectivity index (χ4v) is 1.79. The molecule has 1 amide bonds. The van der Waals surface area contributed by atoms with Crippen molar-refractivity contribution in [3.8, 4) is 0 Å². The third kappa shape index (κ3) is 10.1. The summed E-state index contributed by atoms with van der Waals surface area (Å²) in [6.45, 7) is 11.0. The average Bonchev–Trinajstić information content (AvgIpc) is 2.78. The van der Waals surface area contributed by atoms with E-state index in [9.17, 15) is 4.79 Å². The van der Waals surface area contributed by atoms with Crippen molar-refractivity contribution in [2.45, 2.75) is 53.2 Å². The second-order valence-electron chi connectivity index (χ2n) is 6.38. The summed E-state index contributed by atoms with van der Waals surface area (Å²) in [5.74, 6) is 2.10. The Labute approximate surface area is 166 Å². The molecule has 0 aliphatic heterocycles. The first-order valence-corrected chi connectivity index (χ1v) is 8.05. The SMILES string of the molecule is CN=C(NCCCNC(=O)OC(C)(C)C)NCc1nc(C)c(C)o1.I. The maximum atomic E-state index is 11.5. The lowest BCUT2D eigenvalue weighted by molar-refractivity contribution is 0.0527. The van der Waals surface area contributed by atoms with Crippen molar-refractivity contribution < 1.29 is 13.9 Å². The molecule has 0 spiro atoms. The molecule has 1 aromatic heterocycles. The molecule has 1 aromatic rings. The second-order valence-corrected chi connectivity index (χ2v) is 6.38. The Hall–Kier alpha value is -1.52. The van der Waals surface area contributed by atoms with Crippen molar-refractivity contribution in [2.24, 2.45) is 4.99 Å². The molecule has 0 bridgehead atoms. The van der Waals surface area contributed by atoms with Crippen LogP contribution in [0.2, 0.25) is 0 Å². The number of carbonyl (C=O) groups is 1. The molecule has 9 heteroatoms. The van der Waals surface area contributed by atoms with Crippen LogP contribution in [0, 0.1) is 13.8 Å². The van der Waals surface area contributed by atoms with E-state index in [1.54, 1.807) is 7.05 Å². The number of aryl methyl sites for hydroxylation is 2. The molecule has 0 aliphatic rings. The van der Waals surface area contributed by atoms with Crippen LogP contribution in [0.1, 0.15) is 44.5 Å². The normalized spacial score (nSPS) is 11.5. The molecule has 0 saturated carbocycles. The number of hydrogen-bond acceptors (Lipinski definition) is 5. The monoisotopic (exact) mass is 467 g/mol. The zero-order chi connectivity index (χ0) is 18.2. The van der Waals surface area contributed by atoms with E-state index >= 15 is 0 Å². The lowest BCUT2D eigenvalue weighted by Crippen LogP contribution is -2.39. The molecule has 8 nitrogen and oxygen atoms in total. The highest BCUT2D eigenvalue weighted by atomic mass is 127. The molecule has 1 heterocycles. The second kappa shape index (κ2) is 11.2. The number of carbonyl (C=O) groups excluding carboxylic acids is 1. The van der Waals surface area contributed by atoms with E-state index in [-0.39, 0.29) is 24.0 Å². The van der Waals surface area contributed by atoms with E-state index in [1.165, 1.54) is 0 Å². The number of aromatic nitrogens is 1. The van der Waals surface area contributed by atoms with Crippen LogP contribution in [-0.2, 0) is 11.3 Å². The summed E-state index contributed by atoms with van der Waals surface area (Å²) in [5, 5.41) is 9.00. The Kier molecular flexibility index (Phi) is 10.5. The van der Waals surface area contributed by atoms with Gasteiger partial charge in [0.25, 0.3) is 0 Å². The highest BCUT2D eigenvalue weighted by Gasteiger charge is 2.15. The molecular formula is C16H30IN5O3. The van der Waals surface area contributed by atoms with Crippen molar-refractivity contribution in [2.75, 3.05) is 20.1 Å². The molecule has 0 fully saturated rings. The van der Waals surface area contributed by atoms with Gasteiger partial charge in [-0.2, -0.15) is 0 Å². The Bertz CT molecular complexity index is 547. The van der Waals surface area contributed by atoms with Gasteiger partial charge < -0.3 is 25.1 Å². The molecule has 0 atom stereocenters. The number of hydrogen-bond donors (Lipinski definition) is 3. The van der Waals surface area contributed by atoms with E-state index in [4.69, 9.17) is 9.15 Å². The van der Waals surface area contributed by atoms with Crippen molar-refractivity contribution >= 4 is 36.0 Å². The molecule has 0 aliphatic carbocycles. The minimum absolute atomic E-state index is 0. The van der Waals surface area contributed by atoms with E-state index in [2.05, 4.69) is 25.9 Å². The highest BCUT2D eigenvalue weighted by molar-refractivity contribution is 14.0. The molecule has 144 valence electrons. The topological polar surface area (TPSA) is 101 Å².